The number of nitrogens with one attached hydrogen (secondary N) is 1. The molecule has 3 fully saturated rings. The first-order valence-corrected chi connectivity index (χ1v) is 15.1. The summed E-state index contributed by atoms with van der Waals surface area (Å²) >= 11 is 6.47. The topological polar surface area (TPSA) is 77.9 Å². The molecule has 1 aromatic heterocycles. The number of halogens is 1. The molecule has 0 radical (unpaired) electrons. The highest BCUT2D eigenvalue weighted by Gasteiger charge is 2.41. The summed E-state index contributed by atoms with van der Waals surface area (Å²) in [6.07, 6.45) is 10.4. The molecule has 9 heteroatoms. The van der Waals surface area contributed by atoms with Gasteiger partial charge in [0.05, 0.1) is 0 Å². The largest absolute Gasteiger partial charge is 0.352 e. The van der Waals surface area contributed by atoms with Gasteiger partial charge >= 0.3 is 0 Å². The lowest BCUT2D eigenvalue weighted by atomic mass is 9.94. The Morgan fingerprint density at radius 3 is 2.33 bits per heavy atom. The maximum Gasteiger partial charge on any atom is 0.240 e. The number of piperidine rings is 2. The van der Waals surface area contributed by atoms with Crippen molar-refractivity contribution in [3.05, 3.63) is 53.3 Å². The fourth-order valence-corrected chi connectivity index (χ4v) is 7.04. The zero-order chi connectivity index (χ0) is 28.2. The molecule has 4 heterocycles. The molecule has 0 saturated carbocycles. The summed E-state index contributed by atoms with van der Waals surface area (Å²) in [6, 6.07) is 10.9. The smallest absolute Gasteiger partial charge is 0.240 e. The second-order valence-electron chi connectivity index (χ2n) is 11.8. The lowest BCUT2D eigenvalue weighted by Gasteiger charge is -2.40. The van der Waals surface area contributed by atoms with Gasteiger partial charge in [0.25, 0.3) is 0 Å². The highest BCUT2D eigenvalue weighted by atomic mass is 35.5. The van der Waals surface area contributed by atoms with Crippen molar-refractivity contribution in [2.75, 3.05) is 31.1 Å². The number of carbonyl (C=O) groups excluding carboxylic acids is 3. The molecule has 0 spiro atoms. The predicted octanol–water partition coefficient (Wildman–Crippen LogP) is 4.24. The number of hydrogen-bond acceptors (Lipinski definition) is 4. The van der Waals surface area contributed by atoms with Crippen molar-refractivity contribution in [2.24, 2.45) is 5.92 Å². The minimum Gasteiger partial charge on any atom is -0.352 e. The van der Waals surface area contributed by atoms with Gasteiger partial charge in [0.1, 0.15) is 6.54 Å². The van der Waals surface area contributed by atoms with Crippen LogP contribution in [0, 0.1) is 12.8 Å². The average Bonchev–Trinajstić information content (AvgIpc) is 3.52. The fraction of sp³-hybridized carbons (Fsp3) is 0.581. The first kappa shape index (κ1) is 28.7. The van der Waals surface area contributed by atoms with Gasteiger partial charge in [-0.05, 0) is 81.7 Å². The maximum atomic E-state index is 13.8. The van der Waals surface area contributed by atoms with Crippen LogP contribution in [0.3, 0.4) is 0 Å². The number of benzene rings is 1. The number of aryl methyl sites for hydroxylation is 1. The maximum absolute atomic E-state index is 13.8. The molecule has 3 aliphatic heterocycles. The van der Waals surface area contributed by atoms with E-state index in [-0.39, 0.29) is 29.7 Å². The minimum atomic E-state index is -0.0854. The highest BCUT2D eigenvalue weighted by Crippen LogP contribution is 2.36. The molecule has 5 rings (SSSR count). The summed E-state index contributed by atoms with van der Waals surface area (Å²) in [6.45, 7) is 6.77. The van der Waals surface area contributed by atoms with E-state index in [1.54, 1.807) is 6.92 Å². The summed E-state index contributed by atoms with van der Waals surface area (Å²) in [5.74, 6) is 0.203. The molecule has 3 saturated heterocycles. The normalized spacial score (nSPS) is 23.3. The highest BCUT2D eigenvalue weighted by molar-refractivity contribution is 6.31. The zero-order valence-corrected chi connectivity index (χ0v) is 24.5. The number of carbonyl (C=O) groups is 3. The lowest BCUT2D eigenvalue weighted by molar-refractivity contribution is -0.133. The quantitative estimate of drug-likeness (QED) is 0.491. The van der Waals surface area contributed by atoms with Gasteiger partial charge in [-0.2, -0.15) is 0 Å². The Labute approximate surface area is 242 Å². The van der Waals surface area contributed by atoms with Crippen LogP contribution in [0.5, 0.6) is 0 Å². The van der Waals surface area contributed by atoms with Gasteiger partial charge in [-0.15, -0.1) is 0 Å². The number of rotatable bonds is 9. The molecule has 3 amide bonds. The Bertz CT molecular complexity index is 1180. The van der Waals surface area contributed by atoms with E-state index in [4.69, 9.17) is 11.6 Å². The molecular formula is C31H42ClN5O3. The van der Waals surface area contributed by atoms with Gasteiger partial charge in [-0.25, -0.2) is 0 Å². The third kappa shape index (κ3) is 6.72. The van der Waals surface area contributed by atoms with Crippen molar-refractivity contribution >= 4 is 35.0 Å². The van der Waals surface area contributed by atoms with E-state index >= 15 is 0 Å². The molecule has 3 aliphatic rings. The molecule has 1 N–H and O–H groups in total. The van der Waals surface area contributed by atoms with Crippen LogP contribution in [0.15, 0.2) is 42.7 Å². The fourth-order valence-electron chi connectivity index (χ4n) is 6.86. The number of fused-ring (bicyclic) bond motifs is 2. The van der Waals surface area contributed by atoms with Gasteiger partial charge in [-0.1, -0.05) is 17.7 Å². The van der Waals surface area contributed by atoms with Crippen LogP contribution in [0.4, 0.5) is 5.69 Å². The SMILES string of the molecule is CC(=O)N1CCC(C(=O)N(CCCN2C3CCC2CC(NC(=O)Cn2cccc2)C3)c2ccc(C)c(Cl)c2)CC1. The zero-order valence-electron chi connectivity index (χ0n) is 23.7. The number of hydrogen-bond donors (Lipinski definition) is 1. The van der Waals surface area contributed by atoms with Crippen LogP contribution in [-0.4, -0.2) is 76.4 Å². The Morgan fingerprint density at radius 1 is 1.02 bits per heavy atom. The number of nitrogens with zero attached hydrogens (tertiary/aromatic N) is 4. The van der Waals surface area contributed by atoms with Gasteiger partial charge in [0.2, 0.25) is 17.7 Å². The van der Waals surface area contributed by atoms with E-state index < -0.39 is 0 Å². The minimum absolute atomic E-state index is 0.0759. The summed E-state index contributed by atoms with van der Waals surface area (Å²) in [5, 5.41) is 3.94. The van der Waals surface area contributed by atoms with Crippen molar-refractivity contribution in [3.63, 3.8) is 0 Å². The van der Waals surface area contributed by atoms with Crippen molar-refractivity contribution in [3.8, 4) is 0 Å². The van der Waals surface area contributed by atoms with E-state index in [1.807, 2.05) is 64.0 Å². The predicted molar refractivity (Wildman–Crippen MR) is 157 cm³/mol. The number of likely N-dealkylation sites (tertiary alicyclic amines) is 1. The molecular weight excluding hydrogens is 526 g/mol. The summed E-state index contributed by atoms with van der Waals surface area (Å²) in [7, 11) is 0. The molecule has 2 atom stereocenters. The number of anilines is 1. The molecule has 2 unspecified atom stereocenters. The molecule has 216 valence electrons. The van der Waals surface area contributed by atoms with Gasteiger partial charge < -0.3 is 19.7 Å². The van der Waals surface area contributed by atoms with E-state index in [0.717, 1.165) is 37.1 Å². The molecule has 40 heavy (non-hydrogen) atoms. The molecule has 8 nitrogen and oxygen atoms in total. The van der Waals surface area contributed by atoms with E-state index in [1.165, 1.54) is 12.8 Å². The van der Waals surface area contributed by atoms with Crippen LogP contribution in [0.25, 0.3) is 0 Å². The van der Waals surface area contributed by atoms with Crippen molar-refractivity contribution in [2.45, 2.75) is 83.5 Å². The van der Waals surface area contributed by atoms with E-state index in [2.05, 4.69) is 10.2 Å². The lowest BCUT2D eigenvalue weighted by Crippen LogP contribution is -2.51. The Balaban J connectivity index is 1.17. The first-order valence-electron chi connectivity index (χ1n) is 14.8. The second-order valence-corrected chi connectivity index (χ2v) is 12.2. The molecule has 2 bridgehead atoms. The van der Waals surface area contributed by atoms with E-state index in [0.29, 0.717) is 56.1 Å². The van der Waals surface area contributed by atoms with Gasteiger partial charge in [-0.3, -0.25) is 19.3 Å². The molecule has 0 aliphatic carbocycles. The Morgan fingerprint density at radius 2 is 1.70 bits per heavy atom. The monoisotopic (exact) mass is 567 g/mol. The number of aromatic nitrogens is 1. The molecule has 1 aromatic carbocycles. The summed E-state index contributed by atoms with van der Waals surface area (Å²) in [5.41, 5.74) is 1.84. The van der Waals surface area contributed by atoms with Crippen molar-refractivity contribution in [1.29, 1.82) is 0 Å². The standard InChI is InChI=1S/C31H42ClN5O3/c1-22-6-7-28(20-29(22)32)37(31(40)24-10-16-35(17-11-24)23(2)38)15-5-14-36-26-8-9-27(36)19-25(18-26)33-30(39)21-34-12-3-4-13-34/h3-4,6-7,12-13,20,24-27H,5,8-11,14-19,21H2,1-2H3,(H,33,39). The van der Waals surface area contributed by atoms with E-state index in [9.17, 15) is 14.4 Å². The van der Waals surface area contributed by atoms with Crippen LogP contribution in [0.2, 0.25) is 5.02 Å². The van der Waals surface area contributed by atoms with Crippen LogP contribution >= 0.6 is 11.6 Å². The second kappa shape index (κ2) is 12.8. The third-order valence-electron chi connectivity index (χ3n) is 9.06. The molecule has 2 aromatic rings. The van der Waals surface area contributed by atoms with Crippen molar-refractivity contribution in [1.82, 2.24) is 19.7 Å². The summed E-state index contributed by atoms with van der Waals surface area (Å²) < 4.78 is 1.90. The van der Waals surface area contributed by atoms with Crippen molar-refractivity contribution < 1.29 is 14.4 Å². The Kier molecular flexibility index (Phi) is 9.16. The summed E-state index contributed by atoms with van der Waals surface area (Å²) in [4.78, 5) is 44.5. The van der Waals surface area contributed by atoms with Gasteiger partial charge in [0, 0.05) is 80.2 Å². The van der Waals surface area contributed by atoms with Crippen LogP contribution in [0.1, 0.15) is 57.4 Å². The van der Waals surface area contributed by atoms with Crippen LogP contribution in [-0.2, 0) is 20.9 Å². The van der Waals surface area contributed by atoms with Gasteiger partial charge in [0.15, 0.2) is 0 Å². The van der Waals surface area contributed by atoms with Crippen LogP contribution < -0.4 is 10.2 Å². The first-order chi connectivity index (χ1) is 19.3. The Hall–Kier alpha value is -2.84. The number of amides is 3. The average molecular weight is 568 g/mol. The third-order valence-corrected chi connectivity index (χ3v) is 9.47.